The molecule has 1 aromatic heterocycles. The first-order valence-corrected chi connectivity index (χ1v) is 10.0. The number of nitrogens with two attached hydrogens (primary N) is 1. The predicted molar refractivity (Wildman–Crippen MR) is 115 cm³/mol. The van der Waals surface area contributed by atoms with Gasteiger partial charge in [0.2, 0.25) is 0 Å². The van der Waals surface area contributed by atoms with Crippen LogP contribution in [0.1, 0.15) is 53.8 Å². The van der Waals surface area contributed by atoms with Crippen LogP contribution in [0.5, 0.6) is 0 Å². The van der Waals surface area contributed by atoms with E-state index in [4.69, 9.17) is 10.5 Å². The minimum atomic E-state index is 0.226. The normalized spacial score (nSPS) is 16.1. The van der Waals surface area contributed by atoms with Gasteiger partial charge in [-0.2, -0.15) is 0 Å². The van der Waals surface area contributed by atoms with Gasteiger partial charge in [-0.3, -0.25) is 0 Å². The smallest absolute Gasteiger partial charge is 0.154 e. The lowest BCUT2D eigenvalue weighted by Crippen LogP contribution is -2.38. The van der Waals surface area contributed by atoms with E-state index in [0.717, 1.165) is 48.3 Å². The minimum absolute atomic E-state index is 0.226. The lowest BCUT2D eigenvalue weighted by molar-refractivity contribution is 0.126. The van der Waals surface area contributed by atoms with Crippen molar-refractivity contribution in [3.05, 3.63) is 16.5 Å². The van der Waals surface area contributed by atoms with E-state index in [-0.39, 0.29) is 5.92 Å². The van der Waals surface area contributed by atoms with Crippen LogP contribution < -0.4 is 21.9 Å². The highest BCUT2D eigenvalue weighted by Gasteiger charge is 2.15. The molecule has 1 aromatic rings. The number of aliphatic imine (C=N–C) groups is 1. The first-order valence-electron chi connectivity index (χ1n) is 10.0. The number of fused-ring (bicyclic) bond motifs is 1. The molecule has 0 fully saturated rings. The summed E-state index contributed by atoms with van der Waals surface area (Å²) >= 11 is 0. The highest BCUT2D eigenvalue weighted by Crippen LogP contribution is 2.05. The monoisotopic (exact) mass is 378 g/mol. The number of hydrogen-bond acceptors (Lipinski definition) is 6. The Bertz CT molecular complexity index is 718. The van der Waals surface area contributed by atoms with E-state index in [1.54, 1.807) is 0 Å². The van der Waals surface area contributed by atoms with Crippen molar-refractivity contribution in [2.45, 2.75) is 54.6 Å². The van der Waals surface area contributed by atoms with Gasteiger partial charge < -0.3 is 20.8 Å². The van der Waals surface area contributed by atoms with Crippen LogP contribution in [-0.4, -0.2) is 53.6 Å². The number of nitrogens with zero attached hydrogens (tertiary/aromatic N) is 4. The zero-order valence-corrected chi connectivity index (χ0v) is 18.2. The van der Waals surface area contributed by atoms with Gasteiger partial charge in [0.15, 0.2) is 11.6 Å². The van der Waals surface area contributed by atoms with Gasteiger partial charge in [-0.05, 0) is 46.5 Å². The molecular formula is C20H38N6O. The Kier molecular flexibility index (Phi) is 10.1. The Hall–Kier alpha value is -1.86. The highest BCUT2D eigenvalue weighted by atomic mass is 16.5. The van der Waals surface area contributed by atoms with E-state index in [9.17, 15) is 0 Å². The summed E-state index contributed by atoms with van der Waals surface area (Å²) in [6.07, 6.45) is 3.18. The molecule has 0 bridgehead atoms. The molecule has 0 aliphatic carbocycles. The maximum atomic E-state index is 6.10. The largest absolute Gasteiger partial charge is 0.382 e. The fourth-order valence-corrected chi connectivity index (χ4v) is 2.44. The predicted octanol–water partition coefficient (Wildman–Crippen LogP) is 1.25. The highest BCUT2D eigenvalue weighted by molar-refractivity contribution is 5.91. The lowest BCUT2D eigenvalue weighted by atomic mass is 10.1. The average molecular weight is 379 g/mol. The van der Waals surface area contributed by atoms with Crippen LogP contribution in [0.25, 0.3) is 11.9 Å². The Morgan fingerprint density at radius 2 is 1.93 bits per heavy atom. The zero-order valence-electron chi connectivity index (χ0n) is 18.2. The Labute approximate surface area is 164 Å². The molecule has 0 spiro atoms. The van der Waals surface area contributed by atoms with Crippen molar-refractivity contribution in [1.29, 1.82) is 0 Å². The van der Waals surface area contributed by atoms with Crippen LogP contribution in [-0.2, 0) is 11.3 Å². The van der Waals surface area contributed by atoms with E-state index >= 15 is 0 Å². The molecule has 0 amide bonds. The molecule has 1 unspecified atom stereocenters. The third-order valence-corrected chi connectivity index (χ3v) is 4.62. The fraction of sp³-hybridized carbons (Fsp3) is 0.700. The number of rotatable bonds is 8. The summed E-state index contributed by atoms with van der Waals surface area (Å²) in [4.78, 5) is 11.3. The summed E-state index contributed by atoms with van der Waals surface area (Å²) in [5, 5.41) is 1.71. The maximum Gasteiger partial charge on any atom is 0.154 e. The number of imidazole rings is 1. The zero-order chi connectivity index (χ0) is 20.4. The van der Waals surface area contributed by atoms with Crippen molar-refractivity contribution in [3.63, 3.8) is 0 Å². The maximum absolute atomic E-state index is 6.10. The van der Waals surface area contributed by atoms with Crippen LogP contribution in [0, 0.1) is 5.92 Å². The summed E-state index contributed by atoms with van der Waals surface area (Å²) < 4.78 is 7.50. The van der Waals surface area contributed by atoms with Crippen LogP contribution in [0.15, 0.2) is 4.99 Å². The van der Waals surface area contributed by atoms with Crippen LogP contribution >= 0.6 is 0 Å². The minimum Gasteiger partial charge on any atom is -0.382 e. The second-order valence-corrected chi connectivity index (χ2v) is 6.72. The Morgan fingerprint density at radius 1 is 1.26 bits per heavy atom. The van der Waals surface area contributed by atoms with Crippen molar-refractivity contribution in [2.75, 3.05) is 38.7 Å². The molecule has 27 heavy (non-hydrogen) atoms. The molecular weight excluding hydrogens is 340 g/mol. The second kappa shape index (κ2) is 11.8. The van der Waals surface area contributed by atoms with E-state index in [0.29, 0.717) is 19.0 Å². The van der Waals surface area contributed by atoms with Crippen molar-refractivity contribution >= 4 is 17.6 Å². The lowest BCUT2D eigenvalue weighted by Gasteiger charge is -2.11. The van der Waals surface area contributed by atoms with Gasteiger partial charge in [0.25, 0.3) is 0 Å². The van der Waals surface area contributed by atoms with Gasteiger partial charge in [-0.25, -0.2) is 14.7 Å². The molecule has 3 N–H and O–H groups in total. The molecule has 0 aromatic carbocycles. The molecule has 154 valence electrons. The van der Waals surface area contributed by atoms with Crippen molar-refractivity contribution in [2.24, 2.45) is 16.6 Å². The first-order chi connectivity index (χ1) is 12.9. The van der Waals surface area contributed by atoms with E-state index < -0.39 is 0 Å². The summed E-state index contributed by atoms with van der Waals surface area (Å²) in [5.41, 5.74) is 10.5. The van der Waals surface area contributed by atoms with Crippen LogP contribution in [0.4, 0.5) is 0 Å². The third-order valence-electron chi connectivity index (χ3n) is 4.62. The fourth-order valence-electron chi connectivity index (χ4n) is 2.44. The molecule has 1 aliphatic rings. The van der Waals surface area contributed by atoms with E-state index in [1.807, 2.05) is 18.5 Å². The van der Waals surface area contributed by atoms with Gasteiger partial charge in [0, 0.05) is 24.8 Å². The first kappa shape index (κ1) is 23.2. The number of ether oxygens (including phenoxy) is 1. The number of aromatic nitrogens is 2. The molecule has 0 saturated carbocycles. The summed E-state index contributed by atoms with van der Waals surface area (Å²) in [6.45, 7) is 16.8. The summed E-state index contributed by atoms with van der Waals surface area (Å²) in [7, 11) is 2.11. The second-order valence-electron chi connectivity index (χ2n) is 6.72. The molecule has 0 saturated heterocycles. The molecule has 2 heterocycles. The van der Waals surface area contributed by atoms with Gasteiger partial charge in [-0.15, -0.1) is 0 Å². The summed E-state index contributed by atoms with van der Waals surface area (Å²) in [6, 6.07) is 0. The van der Waals surface area contributed by atoms with E-state index in [2.05, 4.69) is 61.1 Å². The van der Waals surface area contributed by atoms with Crippen LogP contribution in [0.3, 0.4) is 0 Å². The van der Waals surface area contributed by atoms with Crippen molar-refractivity contribution < 1.29 is 4.74 Å². The number of hydrogen-bond donors (Lipinski definition) is 2. The molecule has 7 nitrogen and oxygen atoms in total. The van der Waals surface area contributed by atoms with Crippen molar-refractivity contribution in [3.8, 4) is 0 Å². The SMILES string of the molecule is CCCNn1c(COCC)nc2c1=CC(C)C(C)=NC=2N.CCN(C)CC. The number of nitrogens with one attached hydrogen (secondary N) is 1. The van der Waals surface area contributed by atoms with Gasteiger partial charge in [-0.1, -0.05) is 27.7 Å². The Balaban J connectivity index is 0.000000527. The Morgan fingerprint density at radius 3 is 2.44 bits per heavy atom. The van der Waals surface area contributed by atoms with Gasteiger partial charge in [0.05, 0.1) is 5.35 Å². The molecule has 1 atom stereocenters. The molecule has 7 heteroatoms. The standard InChI is InChI=1S/C15H25N5O.C5H13N/c1-5-7-17-20-12-8-10(3)11(4)18-15(16)14(12)19-13(20)9-21-6-2;1-4-6(3)5-2/h8,10,17H,5-7,9,16H2,1-4H3;4-5H2,1-3H3. The van der Waals surface area contributed by atoms with Crippen molar-refractivity contribution in [1.82, 2.24) is 14.6 Å². The molecule has 2 rings (SSSR count). The molecule has 0 radical (unpaired) electrons. The average Bonchev–Trinajstić information content (AvgIpc) is 2.96. The van der Waals surface area contributed by atoms with Gasteiger partial charge >= 0.3 is 0 Å². The quantitative estimate of drug-likeness (QED) is 0.711. The summed E-state index contributed by atoms with van der Waals surface area (Å²) in [5.74, 6) is 1.53. The van der Waals surface area contributed by atoms with E-state index in [1.165, 1.54) is 0 Å². The third kappa shape index (κ3) is 6.66. The molecule has 1 aliphatic heterocycles. The topological polar surface area (TPSA) is 80.7 Å². The van der Waals surface area contributed by atoms with Gasteiger partial charge in [0.1, 0.15) is 12.0 Å². The van der Waals surface area contributed by atoms with Crippen LogP contribution in [0.2, 0.25) is 0 Å².